The zero-order chi connectivity index (χ0) is 12.7. The zero-order valence-corrected chi connectivity index (χ0v) is 11.4. The maximum absolute atomic E-state index is 11.1. The monoisotopic (exact) mass is 242 g/mol. The second kappa shape index (κ2) is 7.67. The highest BCUT2D eigenvalue weighted by molar-refractivity contribution is 5.72. The van der Waals surface area contributed by atoms with E-state index in [1.807, 2.05) is 7.05 Å². The fraction of sp³-hybridized carbons (Fsp3) is 0.923. The van der Waals surface area contributed by atoms with Gasteiger partial charge in [-0.2, -0.15) is 0 Å². The molecule has 1 heterocycles. The quantitative estimate of drug-likeness (QED) is 0.705. The van der Waals surface area contributed by atoms with Crippen molar-refractivity contribution in [3.63, 3.8) is 0 Å². The van der Waals surface area contributed by atoms with Crippen molar-refractivity contribution < 1.29 is 9.53 Å². The molecule has 4 nitrogen and oxygen atoms in total. The minimum Gasteiger partial charge on any atom is -0.375 e. The molecule has 1 amide bonds. The number of carbonyl (C=O) groups excluding carboxylic acids is 1. The Morgan fingerprint density at radius 3 is 2.94 bits per heavy atom. The highest BCUT2D eigenvalue weighted by atomic mass is 16.5. The van der Waals surface area contributed by atoms with Crippen LogP contribution in [0, 0.1) is 0 Å². The molecule has 0 aromatic rings. The van der Waals surface area contributed by atoms with E-state index in [0.29, 0.717) is 6.10 Å². The van der Waals surface area contributed by atoms with Crippen LogP contribution in [0.15, 0.2) is 0 Å². The number of unbranched alkanes of at least 4 members (excludes halogenated alkanes) is 1. The van der Waals surface area contributed by atoms with Gasteiger partial charge in [0.1, 0.15) is 0 Å². The lowest BCUT2D eigenvalue weighted by atomic mass is 10.2. The van der Waals surface area contributed by atoms with Crippen LogP contribution in [-0.4, -0.2) is 61.6 Å². The Morgan fingerprint density at radius 2 is 2.29 bits per heavy atom. The van der Waals surface area contributed by atoms with Gasteiger partial charge in [-0.25, -0.2) is 0 Å². The van der Waals surface area contributed by atoms with E-state index in [9.17, 15) is 4.79 Å². The van der Waals surface area contributed by atoms with Gasteiger partial charge in [0.15, 0.2) is 0 Å². The maximum atomic E-state index is 11.1. The first-order valence-corrected chi connectivity index (χ1v) is 6.69. The van der Waals surface area contributed by atoms with Crippen molar-refractivity contribution in [1.29, 1.82) is 0 Å². The molecule has 0 spiro atoms. The molecule has 0 aromatic heterocycles. The highest BCUT2D eigenvalue weighted by Gasteiger charge is 2.20. The van der Waals surface area contributed by atoms with E-state index < -0.39 is 0 Å². The van der Waals surface area contributed by atoms with E-state index in [1.54, 1.807) is 11.8 Å². The lowest BCUT2D eigenvalue weighted by Gasteiger charge is -2.33. The van der Waals surface area contributed by atoms with Crippen LogP contribution >= 0.6 is 0 Å². The number of rotatable bonds is 6. The second-order valence-corrected chi connectivity index (χ2v) is 4.88. The SMILES string of the molecule is CCCCN1CCO[C@H](CCN(C)C(C)=O)C1. The summed E-state index contributed by atoms with van der Waals surface area (Å²) in [6.45, 7) is 8.71. The van der Waals surface area contributed by atoms with E-state index >= 15 is 0 Å². The molecule has 0 bridgehead atoms. The summed E-state index contributed by atoms with van der Waals surface area (Å²) in [5.74, 6) is 0.128. The van der Waals surface area contributed by atoms with Gasteiger partial charge in [-0.05, 0) is 19.4 Å². The molecular weight excluding hydrogens is 216 g/mol. The lowest BCUT2D eigenvalue weighted by Crippen LogP contribution is -2.44. The van der Waals surface area contributed by atoms with Gasteiger partial charge in [0.05, 0.1) is 12.7 Å². The van der Waals surface area contributed by atoms with Gasteiger partial charge < -0.3 is 9.64 Å². The Hall–Kier alpha value is -0.610. The molecule has 4 heteroatoms. The summed E-state index contributed by atoms with van der Waals surface area (Å²) in [6, 6.07) is 0. The van der Waals surface area contributed by atoms with Crippen molar-refractivity contribution in [2.75, 3.05) is 39.8 Å². The molecule has 100 valence electrons. The molecule has 1 rings (SSSR count). The van der Waals surface area contributed by atoms with Crippen molar-refractivity contribution in [1.82, 2.24) is 9.80 Å². The second-order valence-electron chi connectivity index (χ2n) is 4.88. The number of amides is 1. The fourth-order valence-electron chi connectivity index (χ4n) is 2.03. The van der Waals surface area contributed by atoms with Crippen molar-refractivity contribution in [2.45, 2.75) is 39.2 Å². The number of hydrogen-bond donors (Lipinski definition) is 0. The van der Waals surface area contributed by atoms with Crippen LogP contribution in [0.5, 0.6) is 0 Å². The van der Waals surface area contributed by atoms with Crippen molar-refractivity contribution in [3.8, 4) is 0 Å². The van der Waals surface area contributed by atoms with Gasteiger partial charge >= 0.3 is 0 Å². The molecule has 0 radical (unpaired) electrons. The summed E-state index contributed by atoms with van der Waals surface area (Å²) in [6.07, 6.45) is 3.75. The van der Waals surface area contributed by atoms with E-state index in [4.69, 9.17) is 4.74 Å². The van der Waals surface area contributed by atoms with Gasteiger partial charge in [0.2, 0.25) is 5.91 Å². The third-order valence-corrected chi connectivity index (χ3v) is 3.37. The predicted molar refractivity (Wildman–Crippen MR) is 69.0 cm³/mol. The first kappa shape index (κ1) is 14.5. The molecule has 1 aliphatic heterocycles. The van der Waals surface area contributed by atoms with Gasteiger partial charge in [-0.3, -0.25) is 9.69 Å². The first-order valence-electron chi connectivity index (χ1n) is 6.69. The third kappa shape index (κ3) is 5.50. The number of morpholine rings is 1. The van der Waals surface area contributed by atoms with E-state index in [1.165, 1.54) is 19.4 Å². The van der Waals surface area contributed by atoms with Crippen LogP contribution in [0.2, 0.25) is 0 Å². The van der Waals surface area contributed by atoms with E-state index in [-0.39, 0.29) is 5.91 Å². The lowest BCUT2D eigenvalue weighted by molar-refractivity contribution is -0.128. The van der Waals surface area contributed by atoms with Crippen molar-refractivity contribution in [3.05, 3.63) is 0 Å². The molecule has 0 unspecified atom stereocenters. The molecule has 1 fully saturated rings. The fourth-order valence-corrected chi connectivity index (χ4v) is 2.03. The van der Waals surface area contributed by atoms with Crippen molar-refractivity contribution >= 4 is 5.91 Å². The first-order chi connectivity index (χ1) is 8.13. The number of hydrogen-bond acceptors (Lipinski definition) is 3. The Bertz CT molecular complexity index is 233. The molecule has 0 saturated carbocycles. The Morgan fingerprint density at radius 1 is 1.53 bits per heavy atom. The summed E-state index contributed by atoms with van der Waals surface area (Å²) >= 11 is 0. The van der Waals surface area contributed by atoms with Crippen molar-refractivity contribution in [2.24, 2.45) is 0 Å². The van der Waals surface area contributed by atoms with Gasteiger partial charge in [-0.15, -0.1) is 0 Å². The highest BCUT2D eigenvalue weighted by Crippen LogP contribution is 2.10. The summed E-state index contributed by atoms with van der Waals surface area (Å²) in [7, 11) is 1.85. The summed E-state index contributed by atoms with van der Waals surface area (Å²) in [5.41, 5.74) is 0. The largest absolute Gasteiger partial charge is 0.375 e. The van der Waals surface area contributed by atoms with Crippen LogP contribution in [0.4, 0.5) is 0 Å². The zero-order valence-electron chi connectivity index (χ0n) is 11.4. The minimum absolute atomic E-state index is 0.128. The molecular formula is C13H26N2O2. The maximum Gasteiger partial charge on any atom is 0.219 e. The third-order valence-electron chi connectivity index (χ3n) is 3.37. The molecule has 17 heavy (non-hydrogen) atoms. The van der Waals surface area contributed by atoms with E-state index in [0.717, 1.165) is 32.7 Å². The molecule has 1 aliphatic rings. The Balaban J connectivity index is 2.22. The molecule has 0 aliphatic carbocycles. The summed E-state index contributed by atoms with van der Waals surface area (Å²) in [4.78, 5) is 15.3. The van der Waals surface area contributed by atoms with Crippen LogP contribution in [0.1, 0.15) is 33.1 Å². The molecule has 1 atom stereocenters. The van der Waals surface area contributed by atoms with E-state index in [2.05, 4.69) is 11.8 Å². The Kier molecular flexibility index (Phi) is 6.52. The van der Waals surface area contributed by atoms with Crippen LogP contribution < -0.4 is 0 Å². The number of carbonyl (C=O) groups is 1. The summed E-state index contributed by atoms with van der Waals surface area (Å²) in [5, 5.41) is 0. The van der Waals surface area contributed by atoms with Crippen LogP contribution in [-0.2, 0) is 9.53 Å². The number of nitrogens with zero attached hydrogens (tertiary/aromatic N) is 2. The smallest absolute Gasteiger partial charge is 0.219 e. The van der Waals surface area contributed by atoms with Gasteiger partial charge in [0.25, 0.3) is 0 Å². The number of ether oxygens (including phenoxy) is 1. The Labute approximate surface area is 105 Å². The molecule has 0 aromatic carbocycles. The standard InChI is InChI=1S/C13H26N2O2/c1-4-5-7-15-9-10-17-13(11-15)6-8-14(3)12(2)16/h13H,4-11H2,1-3H3/t13-/m1/s1. The van der Waals surface area contributed by atoms with Gasteiger partial charge in [-0.1, -0.05) is 13.3 Å². The van der Waals surface area contributed by atoms with Crippen LogP contribution in [0.25, 0.3) is 0 Å². The topological polar surface area (TPSA) is 32.8 Å². The summed E-state index contributed by atoms with van der Waals surface area (Å²) < 4.78 is 5.74. The van der Waals surface area contributed by atoms with Gasteiger partial charge in [0, 0.05) is 33.6 Å². The predicted octanol–water partition coefficient (Wildman–Crippen LogP) is 1.36. The molecule has 0 N–H and O–H groups in total. The van der Waals surface area contributed by atoms with Crippen LogP contribution in [0.3, 0.4) is 0 Å². The molecule has 1 saturated heterocycles. The normalized spacial score (nSPS) is 21.5. The minimum atomic E-state index is 0.128. The average Bonchev–Trinajstić information content (AvgIpc) is 2.33. The average molecular weight is 242 g/mol.